The number of anilines is 2. The van der Waals surface area contributed by atoms with Crippen molar-refractivity contribution in [2.24, 2.45) is 0 Å². The van der Waals surface area contributed by atoms with Crippen molar-refractivity contribution >= 4 is 23.4 Å². The van der Waals surface area contributed by atoms with Crippen LogP contribution in [0.3, 0.4) is 0 Å². The second-order valence-corrected chi connectivity index (χ2v) is 7.18. The minimum atomic E-state index is -1.16. The second-order valence-electron chi connectivity index (χ2n) is 7.18. The molecule has 3 rings (SSSR count). The summed E-state index contributed by atoms with van der Waals surface area (Å²) < 4.78 is 34.2. The Morgan fingerprint density at radius 1 is 1.37 bits per heavy atom. The number of carbonyl (C=O) groups is 2. The molecule has 0 unspecified atom stereocenters. The zero-order valence-electron chi connectivity index (χ0n) is 15.6. The van der Waals surface area contributed by atoms with Crippen molar-refractivity contribution < 1.29 is 23.1 Å². The zero-order valence-corrected chi connectivity index (χ0v) is 15.6. The van der Waals surface area contributed by atoms with Gasteiger partial charge in [0.2, 0.25) is 5.91 Å². The zero-order chi connectivity index (χ0) is 19.6. The molecule has 0 aliphatic carbocycles. The molecule has 1 aromatic rings. The minimum absolute atomic E-state index is 0.207. The van der Waals surface area contributed by atoms with Gasteiger partial charge in [0.25, 0.3) is 0 Å². The van der Waals surface area contributed by atoms with Gasteiger partial charge in [-0.2, -0.15) is 0 Å². The van der Waals surface area contributed by atoms with E-state index in [1.807, 2.05) is 11.8 Å². The Labute approximate surface area is 157 Å². The Morgan fingerprint density at radius 2 is 2.07 bits per heavy atom. The topological polar surface area (TPSA) is 61.9 Å². The van der Waals surface area contributed by atoms with Gasteiger partial charge in [-0.3, -0.25) is 9.69 Å². The fourth-order valence-electron chi connectivity index (χ4n) is 3.52. The smallest absolute Gasteiger partial charge is 0.414 e. The van der Waals surface area contributed by atoms with Crippen LogP contribution >= 0.6 is 0 Å². The average Bonchev–Trinajstić information content (AvgIpc) is 3.02. The van der Waals surface area contributed by atoms with Crippen molar-refractivity contribution in [2.75, 3.05) is 36.0 Å². The lowest BCUT2D eigenvalue weighted by Crippen LogP contribution is -2.41. The van der Waals surface area contributed by atoms with E-state index in [-0.39, 0.29) is 19.0 Å². The van der Waals surface area contributed by atoms with E-state index in [2.05, 4.69) is 5.32 Å². The molecule has 2 saturated heterocycles. The molecule has 0 radical (unpaired) electrons. The van der Waals surface area contributed by atoms with Gasteiger partial charge in [-0.1, -0.05) is 6.92 Å². The highest BCUT2D eigenvalue weighted by Gasteiger charge is 2.35. The van der Waals surface area contributed by atoms with Gasteiger partial charge in [0.05, 0.1) is 24.5 Å². The maximum atomic E-state index is 14.7. The fraction of sp³-hybridized carbons (Fsp3) is 0.579. The highest BCUT2D eigenvalue weighted by Crippen LogP contribution is 2.34. The first-order valence-corrected chi connectivity index (χ1v) is 9.27. The molecule has 0 saturated carbocycles. The maximum Gasteiger partial charge on any atom is 0.414 e. The molecular weight excluding hydrogens is 356 g/mol. The predicted octanol–water partition coefficient (Wildman–Crippen LogP) is 3.01. The number of hydrogen-bond donors (Lipinski definition) is 1. The molecular formula is C19H25F2N3O3. The molecule has 0 aromatic heterocycles. The van der Waals surface area contributed by atoms with Crippen LogP contribution in [0, 0.1) is 5.82 Å². The van der Waals surface area contributed by atoms with Gasteiger partial charge in [-0.05, 0) is 37.5 Å². The lowest BCUT2D eigenvalue weighted by molar-refractivity contribution is -0.119. The molecule has 1 N–H and O–H groups in total. The quantitative estimate of drug-likeness (QED) is 0.852. The third-order valence-corrected chi connectivity index (χ3v) is 5.33. The summed E-state index contributed by atoms with van der Waals surface area (Å²) >= 11 is 0. The van der Waals surface area contributed by atoms with Gasteiger partial charge in [0, 0.05) is 20.0 Å². The summed E-state index contributed by atoms with van der Waals surface area (Å²) in [5, 5.41) is 2.60. The summed E-state index contributed by atoms with van der Waals surface area (Å²) in [6, 6.07) is 4.59. The molecule has 1 atom stereocenters. The number of benzene rings is 1. The molecule has 2 aliphatic heterocycles. The van der Waals surface area contributed by atoms with Crippen molar-refractivity contribution in [3.05, 3.63) is 24.0 Å². The van der Waals surface area contributed by atoms with Crippen molar-refractivity contribution in [1.82, 2.24) is 5.32 Å². The number of rotatable bonds is 5. The number of hydrogen-bond acceptors (Lipinski definition) is 4. The van der Waals surface area contributed by atoms with Crippen LogP contribution in [0.15, 0.2) is 18.2 Å². The summed E-state index contributed by atoms with van der Waals surface area (Å²) in [6.07, 6.45) is 0.194. The monoisotopic (exact) mass is 381 g/mol. The number of amides is 2. The second kappa shape index (κ2) is 7.70. The largest absolute Gasteiger partial charge is 0.442 e. The lowest BCUT2D eigenvalue weighted by Gasteiger charge is -2.37. The summed E-state index contributed by atoms with van der Waals surface area (Å²) in [4.78, 5) is 26.2. The van der Waals surface area contributed by atoms with Crippen LogP contribution in [-0.2, 0) is 9.53 Å². The average molecular weight is 381 g/mol. The molecule has 0 spiro atoms. The van der Waals surface area contributed by atoms with E-state index < -0.39 is 23.7 Å². The summed E-state index contributed by atoms with van der Waals surface area (Å²) in [6.45, 7) is 4.60. The van der Waals surface area contributed by atoms with Crippen LogP contribution in [0.5, 0.6) is 0 Å². The van der Waals surface area contributed by atoms with Crippen molar-refractivity contribution in [2.45, 2.75) is 44.9 Å². The highest BCUT2D eigenvalue weighted by atomic mass is 19.1. The number of carbonyl (C=O) groups excluding carboxylic acids is 2. The van der Waals surface area contributed by atoms with Gasteiger partial charge in [-0.25, -0.2) is 13.6 Å². The van der Waals surface area contributed by atoms with Crippen LogP contribution in [0.1, 0.15) is 33.1 Å². The first-order chi connectivity index (χ1) is 12.8. The Kier molecular flexibility index (Phi) is 5.53. The Morgan fingerprint density at radius 3 is 2.67 bits per heavy atom. The van der Waals surface area contributed by atoms with Crippen molar-refractivity contribution in [3.63, 3.8) is 0 Å². The van der Waals surface area contributed by atoms with Crippen LogP contribution in [0.25, 0.3) is 0 Å². The number of nitrogens with one attached hydrogen (secondary N) is 1. The van der Waals surface area contributed by atoms with Gasteiger partial charge >= 0.3 is 6.09 Å². The van der Waals surface area contributed by atoms with E-state index >= 15 is 0 Å². The summed E-state index contributed by atoms with van der Waals surface area (Å²) in [7, 11) is 0. The fourth-order valence-corrected chi connectivity index (χ4v) is 3.52. The SMILES string of the molecule is CCC1(F)CCN(c2ccc(N3C[C@H](CNC(C)=O)OC3=O)cc2F)CC1. The van der Waals surface area contributed by atoms with E-state index in [4.69, 9.17) is 4.74 Å². The molecule has 2 amide bonds. The first kappa shape index (κ1) is 19.4. The van der Waals surface area contributed by atoms with Crippen molar-refractivity contribution in [1.29, 1.82) is 0 Å². The molecule has 1 aromatic carbocycles. The first-order valence-electron chi connectivity index (χ1n) is 9.27. The molecule has 2 heterocycles. The van der Waals surface area contributed by atoms with Crippen LogP contribution < -0.4 is 15.1 Å². The van der Waals surface area contributed by atoms with Crippen LogP contribution in [-0.4, -0.2) is 50.0 Å². The van der Waals surface area contributed by atoms with E-state index in [0.29, 0.717) is 43.7 Å². The summed E-state index contributed by atoms with van der Waals surface area (Å²) in [5.74, 6) is -0.657. The molecule has 6 nitrogen and oxygen atoms in total. The summed E-state index contributed by atoms with van der Waals surface area (Å²) in [5.41, 5.74) is -0.342. The van der Waals surface area contributed by atoms with Crippen molar-refractivity contribution in [3.8, 4) is 0 Å². The van der Waals surface area contributed by atoms with Gasteiger partial charge in [0.1, 0.15) is 17.6 Å². The number of alkyl halides is 1. The number of nitrogens with zero attached hydrogens (tertiary/aromatic N) is 2. The predicted molar refractivity (Wildman–Crippen MR) is 98.3 cm³/mol. The molecule has 2 aliphatic rings. The Bertz CT molecular complexity index is 720. The van der Waals surface area contributed by atoms with Gasteiger partial charge in [0.15, 0.2) is 0 Å². The van der Waals surface area contributed by atoms with Crippen LogP contribution in [0.4, 0.5) is 25.0 Å². The van der Waals surface area contributed by atoms with E-state index in [1.54, 1.807) is 12.1 Å². The molecule has 0 bridgehead atoms. The Hall–Kier alpha value is -2.38. The number of halogens is 2. The molecule has 2 fully saturated rings. The number of ether oxygens (including phenoxy) is 1. The van der Waals surface area contributed by atoms with E-state index in [1.165, 1.54) is 17.9 Å². The number of piperidine rings is 1. The standard InChI is InChI=1S/C19H25F2N3O3/c1-3-19(21)6-8-23(9-7-19)17-5-4-14(10-16(17)20)24-12-15(27-18(24)26)11-22-13(2)25/h4-5,10,15H,3,6-9,11-12H2,1-2H3,(H,22,25)/t15-/m0/s1. The van der Waals surface area contributed by atoms with Gasteiger partial charge < -0.3 is 15.0 Å². The minimum Gasteiger partial charge on any atom is -0.442 e. The molecule has 27 heavy (non-hydrogen) atoms. The lowest BCUT2D eigenvalue weighted by atomic mass is 9.90. The third-order valence-electron chi connectivity index (χ3n) is 5.33. The highest BCUT2D eigenvalue weighted by molar-refractivity contribution is 5.90. The normalized spacial score (nSPS) is 21.9. The molecule has 148 valence electrons. The van der Waals surface area contributed by atoms with E-state index in [9.17, 15) is 18.4 Å². The Balaban J connectivity index is 1.67. The van der Waals surface area contributed by atoms with Gasteiger partial charge in [-0.15, -0.1) is 0 Å². The number of cyclic esters (lactones) is 1. The maximum absolute atomic E-state index is 14.7. The van der Waals surface area contributed by atoms with E-state index in [0.717, 1.165) is 0 Å². The molecule has 8 heteroatoms. The van der Waals surface area contributed by atoms with Crippen LogP contribution in [0.2, 0.25) is 0 Å². The third kappa shape index (κ3) is 4.31.